The normalized spacial score (nSPS) is 10.6. The molecule has 0 saturated heterocycles. The highest BCUT2D eigenvalue weighted by atomic mass is 32.1. The van der Waals surface area contributed by atoms with E-state index in [1.54, 1.807) is 0 Å². The van der Waals surface area contributed by atoms with Gasteiger partial charge >= 0.3 is 4.87 Å². The number of anilines is 1. The van der Waals surface area contributed by atoms with Crippen LogP contribution >= 0.6 is 11.3 Å². The summed E-state index contributed by atoms with van der Waals surface area (Å²) in [5, 5.41) is 5.11. The van der Waals surface area contributed by atoms with Crippen LogP contribution in [0.2, 0.25) is 0 Å². The standard InChI is InChI=1S/C12H15N3OS/c1-8-4-9(2-3-11(8)13)5-14-6-10-7-17-12(16)15-10/h2-4,7,14H,5-6,13H2,1H3,(H,15,16). The SMILES string of the molecule is Cc1cc(CNCc2csc(=O)[nH]2)ccc1N. The predicted octanol–water partition coefficient (Wildman–Crippen LogP) is 1.62. The van der Waals surface area contributed by atoms with E-state index in [9.17, 15) is 4.79 Å². The molecule has 2 aromatic rings. The molecule has 0 fully saturated rings. The van der Waals surface area contributed by atoms with Crippen molar-refractivity contribution in [1.82, 2.24) is 10.3 Å². The molecular formula is C12H15N3OS. The average molecular weight is 249 g/mol. The molecule has 2 rings (SSSR count). The number of benzene rings is 1. The molecule has 4 N–H and O–H groups in total. The number of rotatable bonds is 4. The number of H-pyrrole nitrogens is 1. The predicted molar refractivity (Wildman–Crippen MR) is 71.1 cm³/mol. The molecule has 4 nitrogen and oxygen atoms in total. The Balaban J connectivity index is 1.89. The van der Waals surface area contributed by atoms with Crippen LogP contribution in [0.5, 0.6) is 0 Å². The number of nitrogens with two attached hydrogens (primary N) is 1. The number of thiazole rings is 1. The van der Waals surface area contributed by atoms with Gasteiger partial charge in [0.1, 0.15) is 0 Å². The summed E-state index contributed by atoms with van der Waals surface area (Å²) in [7, 11) is 0. The molecule has 90 valence electrons. The highest BCUT2D eigenvalue weighted by molar-refractivity contribution is 7.07. The molecular weight excluding hydrogens is 234 g/mol. The van der Waals surface area contributed by atoms with E-state index in [0.29, 0.717) is 6.54 Å². The van der Waals surface area contributed by atoms with Crippen LogP contribution in [0, 0.1) is 6.92 Å². The van der Waals surface area contributed by atoms with Gasteiger partial charge in [0.25, 0.3) is 0 Å². The van der Waals surface area contributed by atoms with Crippen LogP contribution in [0.3, 0.4) is 0 Å². The maximum absolute atomic E-state index is 10.9. The van der Waals surface area contributed by atoms with Crippen molar-refractivity contribution in [2.75, 3.05) is 5.73 Å². The highest BCUT2D eigenvalue weighted by Crippen LogP contribution is 2.12. The smallest absolute Gasteiger partial charge is 0.304 e. The van der Waals surface area contributed by atoms with Gasteiger partial charge in [-0.1, -0.05) is 23.5 Å². The Morgan fingerprint density at radius 2 is 2.24 bits per heavy atom. The third-order valence-electron chi connectivity index (χ3n) is 2.55. The summed E-state index contributed by atoms with van der Waals surface area (Å²) in [6.45, 7) is 3.43. The molecule has 0 saturated carbocycles. The molecule has 0 aliphatic carbocycles. The Hall–Kier alpha value is -1.59. The van der Waals surface area contributed by atoms with Gasteiger partial charge in [-0.3, -0.25) is 4.79 Å². The Morgan fingerprint density at radius 1 is 1.41 bits per heavy atom. The first kappa shape index (κ1) is 11.9. The van der Waals surface area contributed by atoms with Gasteiger partial charge in [-0.25, -0.2) is 0 Å². The third kappa shape index (κ3) is 3.18. The summed E-state index contributed by atoms with van der Waals surface area (Å²) >= 11 is 1.19. The maximum atomic E-state index is 10.9. The lowest BCUT2D eigenvalue weighted by atomic mass is 10.1. The molecule has 0 bridgehead atoms. The number of aryl methyl sites for hydroxylation is 1. The van der Waals surface area contributed by atoms with E-state index in [4.69, 9.17) is 5.73 Å². The summed E-state index contributed by atoms with van der Waals surface area (Å²) < 4.78 is 0. The lowest BCUT2D eigenvalue weighted by molar-refractivity contribution is 0.681. The van der Waals surface area contributed by atoms with E-state index < -0.39 is 0 Å². The molecule has 0 atom stereocenters. The van der Waals surface area contributed by atoms with Crippen molar-refractivity contribution < 1.29 is 0 Å². The summed E-state index contributed by atoms with van der Waals surface area (Å²) in [5.74, 6) is 0. The van der Waals surface area contributed by atoms with Crippen molar-refractivity contribution >= 4 is 17.0 Å². The van der Waals surface area contributed by atoms with Crippen LogP contribution in [0.4, 0.5) is 5.69 Å². The van der Waals surface area contributed by atoms with Crippen LogP contribution in [0.15, 0.2) is 28.4 Å². The molecule has 0 aliphatic rings. The van der Waals surface area contributed by atoms with Crippen LogP contribution in [0.25, 0.3) is 0 Å². The Labute approximate surface area is 103 Å². The summed E-state index contributed by atoms with van der Waals surface area (Å²) in [5.41, 5.74) is 9.77. The summed E-state index contributed by atoms with van der Waals surface area (Å²) in [6, 6.07) is 5.99. The number of aromatic amines is 1. The minimum absolute atomic E-state index is 0.00914. The molecule has 0 unspecified atom stereocenters. The van der Waals surface area contributed by atoms with E-state index >= 15 is 0 Å². The number of hydrogen-bond donors (Lipinski definition) is 3. The monoisotopic (exact) mass is 249 g/mol. The number of hydrogen-bond acceptors (Lipinski definition) is 4. The molecule has 1 heterocycles. The van der Waals surface area contributed by atoms with Crippen molar-refractivity contribution in [3.05, 3.63) is 50.1 Å². The number of nitrogen functional groups attached to an aromatic ring is 1. The Morgan fingerprint density at radius 3 is 2.88 bits per heavy atom. The van der Waals surface area contributed by atoms with Crippen molar-refractivity contribution in [1.29, 1.82) is 0 Å². The van der Waals surface area contributed by atoms with Crippen LogP contribution in [-0.2, 0) is 13.1 Å². The zero-order chi connectivity index (χ0) is 12.3. The molecule has 0 amide bonds. The van der Waals surface area contributed by atoms with Gasteiger partial charge in [0, 0.05) is 29.9 Å². The van der Waals surface area contributed by atoms with E-state index in [1.165, 1.54) is 16.9 Å². The first-order chi connectivity index (χ1) is 8.15. The lowest BCUT2D eigenvalue weighted by Gasteiger charge is -2.06. The van der Waals surface area contributed by atoms with Gasteiger partial charge in [0.2, 0.25) is 0 Å². The van der Waals surface area contributed by atoms with Crippen molar-refractivity contribution in [2.24, 2.45) is 0 Å². The first-order valence-electron chi connectivity index (χ1n) is 5.37. The van der Waals surface area contributed by atoms with Gasteiger partial charge in [-0.2, -0.15) is 0 Å². The van der Waals surface area contributed by atoms with Crippen LogP contribution < -0.4 is 15.9 Å². The fourth-order valence-electron chi connectivity index (χ4n) is 1.59. The van der Waals surface area contributed by atoms with Gasteiger partial charge in [-0.15, -0.1) is 0 Å². The number of nitrogens with one attached hydrogen (secondary N) is 2. The minimum Gasteiger partial charge on any atom is -0.399 e. The molecule has 0 radical (unpaired) electrons. The number of aromatic nitrogens is 1. The zero-order valence-electron chi connectivity index (χ0n) is 9.62. The highest BCUT2D eigenvalue weighted by Gasteiger charge is 1.98. The summed E-state index contributed by atoms with van der Waals surface area (Å²) in [6.07, 6.45) is 0. The van der Waals surface area contributed by atoms with E-state index in [2.05, 4.69) is 16.4 Å². The largest absolute Gasteiger partial charge is 0.399 e. The van der Waals surface area contributed by atoms with Crippen molar-refractivity contribution in [2.45, 2.75) is 20.0 Å². The second-order valence-corrected chi connectivity index (χ2v) is 4.81. The topological polar surface area (TPSA) is 70.9 Å². The average Bonchev–Trinajstić information content (AvgIpc) is 2.70. The molecule has 17 heavy (non-hydrogen) atoms. The molecule has 1 aromatic carbocycles. The molecule has 5 heteroatoms. The lowest BCUT2D eigenvalue weighted by Crippen LogP contribution is -2.14. The van der Waals surface area contributed by atoms with E-state index in [-0.39, 0.29) is 4.87 Å². The van der Waals surface area contributed by atoms with Gasteiger partial charge < -0.3 is 16.0 Å². The van der Waals surface area contributed by atoms with Gasteiger partial charge in [0.15, 0.2) is 0 Å². The van der Waals surface area contributed by atoms with Crippen molar-refractivity contribution in [3.8, 4) is 0 Å². The molecule has 1 aromatic heterocycles. The van der Waals surface area contributed by atoms with Gasteiger partial charge in [0.05, 0.1) is 0 Å². The molecule has 0 aliphatic heterocycles. The van der Waals surface area contributed by atoms with E-state index in [0.717, 1.165) is 23.5 Å². The van der Waals surface area contributed by atoms with Crippen LogP contribution in [0.1, 0.15) is 16.8 Å². The van der Waals surface area contributed by atoms with Crippen molar-refractivity contribution in [3.63, 3.8) is 0 Å². The maximum Gasteiger partial charge on any atom is 0.304 e. The van der Waals surface area contributed by atoms with E-state index in [1.807, 2.05) is 24.4 Å². The third-order valence-corrected chi connectivity index (χ3v) is 3.27. The zero-order valence-corrected chi connectivity index (χ0v) is 10.4. The minimum atomic E-state index is -0.00914. The second kappa shape index (κ2) is 5.16. The molecule has 0 spiro atoms. The first-order valence-corrected chi connectivity index (χ1v) is 6.25. The Kier molecular flexibility index (Phi) is 3.61. The fraction of sp³-hybridized carbons (Fsp3) is 0.250. The fourth-order valence-corrected chi connectivity index (χ4v) is 2.17. The summed E-state index contributed by atoms with van der Waals surface area (Å²) in [4.78, 5) is 13.7. The van der Waals surface area contributed by atoms with Gasteiger partial charge in [-0.05, 0) is 24.1 Å². The Bertz CT molecular complexity index is 559. The quantitative estimate of drug-likeness (QED) is 0.721. The van der Waals surface area contributed by atoms with Crippen LogP contribution in [-0.4, -0.2) is 4.98 Å². The second-order valence-electron chi connectivity index (χ2n) is 3.97.